The molecule has 0 saturated carbocycles. The molecule has 1 aromatic heterocycles. The van der Waals surface area contributed by atoms with Gasteiger partial charge in [-0.2, -0.15) is 13.2 Å². The van der Waals surface area contributed by atoms with Crippen LogP contribution >= 0.6 is 11.3 Å². The minimum atomic E-state index is -4.20. The standard InChI is InChI=1S/C25H27F3OS.C5H11NO.CH4O.CH2O/c1-5-19-7-9-20(10-8-19)24-16(2)14-21(15-17(24)3)29-22(12-13-25(26,27)28)23-11-6-18(4)30-23;1-3-4-6-5(2)7;2*1-2/h6-11,14-15,22H,5,12-13H2,1-4H3;3-4H2,1-2H3,(H,6,7);2H,1H3;1H2. The monoisotopic (exact) mass is 595 g/mol. The molecule has 0 aliphatic rings. The topological polar surface area (TPSA) is 75.6 Å². The van der Waals surface area contributed by atoms with Gasteiger partial charge >= 0.3 is 6.18 Å². The second-order valence-corrected chi connectivity index (χ2v) is 10.5. The number of amides is 1. The van der Waals surface area contributed by atoms with Gasteiger partial charge in [0, 0.05) is 36.8 Å². The van der Waals surface area contributed by atoms with Crippen LogP contribution < -0.4 is 10.1 Å². The van der Waals surface area contributed by atoms with E-state index in [2.05, 4.69) is 36.5 Å². The summed E-state index contributed by atoms with van der Waals surface area (Å²) in [6.45, 7) is 14.5. The number of hydrogen-bond acceptors (Lipinski definition) is 5. The summed E-state index contributed by atoms with van der Waals surface area (Å²) in [6.07, 6.45) is -3.77. The van der Waals surface area contributed by atoms with E-state index in [4.69, 9.17) is 14.6 Å². The van der Waals surface area contributed by atoms with Crippen LogP contribution in [0.2, 0.25) is 0 Å². The van der Waals surface area contributed by atoms with Crippen molar-refractivity contribution in [3.63, 3.8) is 0 Å². The lowest BCUT2D eigenvalue weighted by Gasteiger charge is -2.21. The molecule has 228 valence electrons. The summed E-state index contributed by atoms with van der Waals surface area (Å²) in [6, 6.07) is 16.1. The van der Waals surface area contributed by atoms with Crippen molar-refractivity contribution in [2.24, 2.45) is 0 Å². The molecule has 0 aliphatic heterocycles. The largest absolute Gasteiger partial charge is 0.485 e. The number of alkyl halides is 3. The van der Waals surface area contributed by atoms with Crippen LogP contribution in [-0.4, -0.2) is 37.6 Å². The highest BCUT2D eigenvalue weighted by Crippen LogP contribution is 2.37. The van der Waals surface area contributed by atoms with Gasteiger partial charge in [-0.15, -0.1) is 11.3 Å². The van der Waals surface area contributed by atoms with Crippen molar-refractivity contribution >= 4 is 24.0 Å². The number of rotatable bonds is 9. The summed E-state index contributed by atoms with van der Waals surface area (Å²) in [5, 5.41) is 9.66. The van der Waals surface area contributed by atoms with Crippen LogP contribution in [0.4, 0.5) is 13.2 Å². The van der Waals surface area contributed by atoms with Gasteiger partial charge in [0.05, 0.1) is 0 Å². The van der Waals surface area contributed by atoms with E-state index in [0.717, 1.165) is 58.5 Å². The third kappa shape index (κ3) is 14.3. The molecule has 1 atom stereocenters. The van der Waals surface area contributed by atoms with Gasteiger partial charge in [0.15, 0.2) is 0 Å². The van der Waals surface area contributed by atoms with Crippen LogP contribution in [0.25, 0.3) is 11.1 Å². The first kappa shape index (κ1) is 37.8. The Morgan fingerprint density at radius 2 is 1.56 bits per heavy atom. The number of thiophene rings is 1. The smallest absolute Gasteiger partial charge is 0.389 e. The number of carbonyl (C=O) groups excluding carboxylic acids is 2. The third-order valence-electron chi connectivity index (χ3n) is 5.83. The van der Waals surface area contributed by atoms with Crippen molar-refractivity contribution in [1.29, 1.82) is 0 Å². The van der Waals surface area contributed by atoms with E-state index in [1.807, 2.05) is 58.7 Å². The van der Waals surface area contributed by atoms with Gasteiger partial charge in [0.1, 0.15) is 18.6 Å². The summed E-state index contributed by atoms with van der Waals surface area (Å²) >= 11 is 1.49. The quantitative estimate of drug-likeness (QED) is 0.261. The van der Waals surface area contributed by atoms with E-state index in [1.165, 1.54) is 23.8 Å². The summed E-state index contributed by atoms with van der Waals surface area (Å²) in [4.78, 5) is 20.0. The Morgan fingerprint density at radius 3 is 1.95 bits per heavy atom. The lowest BCUT2D eigenvalue weighted by Crippen LogP contribution is -2.19. The van der Waals surface area contributed by atoms with Crippen molar-refractivity contribution in [2.45, 2.75) is 79.5 Å². The maximum atomic E-state index is 12.8. The lowest BCUT2D eigenvalue weighted by atomic mass is 9.94. The number of aliphatic hydroxyl groups is 1. The number of aliphatic hydroxyl groups excluding tert-OH is 1. The van der Waals surface area contributed by atoms with Crippen molar-refractivity contribution < 1.29 is 32.6 Å². The van der Waals surface area contributed by atoms with Gasteiger partial charge in [0.2, 0.25) is 5.91 Å². The zero-order valence-electron chi connectivity index (χ0n) is 25.2. The fraction of sp³-hybridized carbons (Fsp3) is 0.438. The molecular formula is C32H44F3NO4S. The Balaban J connectivity index is 0.00000125. The highest BCUT2D eigenvalue weighted by molar-refractivity contribution is 7.12. The molecule has 0 fully saturated rings. The summed E-state index contributed by atoms with van der Waals surface area (Å²) in [5.41, 5.74) is 5.66. The van der Waals surface area contributed by atoms with E-state index in [9.17, 15) is 18.0 Å². The Hall–Kier alpha value is -3.17. The number of hydrogen-bond donors (Lipinski definition) is 2. The van der Waals surface area contributed by atoms with E-state index in [1.54, 1.807) is 0 Å². The fourth-order valence-corrected chi connectivity index (χ4v) is 4.94. The maximum absolute atomic E-state index is 12.8. The zero-order chi connectivity index (χ0) is 31.6. The predicted molar refractivity (Wildman–Crippen MR) is 163 cm³/mol. The Kier molecular flexibility index (Phi) is 18.3. The first-order chi connectivity index (χ1) is 19.4. The molecule has 0 bridgehead atoms. The van der Waals surface area contributed by atoms with Gasteiger partial charge in [0.25, 0.3) is 0 Å². The molecule has 0 spiro atoms. The minimum absolute atomic E-state index is 0.0573. The van der Waals surface area contributed by atoms with Crippen LogP contribution in [0.3, 0.4) is 0 Å². The predicted octanol–water partition coefficient (Wildman–Crippen LogP) is 8.32. The van der Waals surface area contributed by atoms with Crippen LogP contribution in [0.5, 0.6) is 5.75 Å². The maximum Gasteiger partial charge on any atom is 0.389 e. The van der Waals surface area contributed by atoms with Crippen LogP contribution in [0.1, 0.15) is 72.6 Å². The molecule has 41 heavy (non-hydrogen) atoms. The number of ether oxygens (including phenoxy) is 1. The van der Waals surface area contributed by atoms with Crippen molar-refractivity contribution in [3.8, 4) is 16.9 Å². The number of benzene rings is 2. The molecule has 3 aromatic rings. The summed E-state index contributed by atoms with van der Waals surface area (Å²) in [7, 11) is 1.00. The molecule has 3 rings (SSSR count). The molecular weight excluding hydrogens is 551 g/mol. The summed E-state index contributed by atoms with van der Waals surface area (Å²) in [5.74, 6) is 0.666. The molecule has 1 amide bonds. The second kappa shape index (κ2) is 19.8. The van der Waals surface area contributed by atoms with Crippen LogP contribution in [-0.2, 0) is 16.0 Å². The fourth-order valence-electron chi connectivity index (χ4n) is 4.00. The van der Waals surface area contributed by atoms with Crippen LogP contribution in [0.15, 0.2) is 48.5 Å². The number of carbonyl (C=O) groups is 2. The van der Waals surface area contributed by atoms with Gasteiger partial charge in [-0.1, -0.05) is 38.1 Å². The van der Waals surface area contributed by atoms with Crippen molar-refractivity contribution in [3.05, 3.63) is 75.0 Å². The molecule has 5 nitrogen and oxygen atoms in total. The SMILES string of the molecule is C=O.CCCNC(C)=O.CCc1ccc(-c2c(C)cc(OC(CCC(F)(F)F)c3ccc(C)s3)cc2C)cc1.CO. The first-order valence-corrected chi connectivity index (χ1v) is 14.2. The molecule has 1 unspecified atom stereocenters. The average molecular weight is 596 g/mol. The van der Waals surface area contributed by atoms with E-state index in [-0.39, 0.29) is 12.3 Å². The Morgan fingerprint density at radius 1 is 1.00 bits per heavy atom. The number of aryl methyl sites for hydroxylation is 4. The van der Waals surface area contributed by atoms with E-state index < -0.39 is 18.7 Å². The molecule has 0 saturated heterocycles. The first-order valence-electron chi connectivity index (χ1n) is 13.4. The molecule has 0 radical (unpaired) electrons. The molecule has 0 aliphatic carbocycles. The molecule has 2 N–H and O–H groups in total. The number of halogens is 3. The van der Waals surface area contributed by atoms with Crippen LogP contribution in [0, 0.1) is 20.8 Å². The molecule has 2 aromatic carbocycles. The lowest BCUT2D eigenvalue weighted by molar-refractivity contribution is -0.139. The van der Waals surface area contributed by atoms with Gasteiger partial charge in [-0.25, -0.2) is 0 Å². The van der Waals surface area contributed by atoms with E-state index >= 15 is 0 Å². The molecule has 1 heterocycles. The second-order valence-electron chi connectivity index (χ2n) is 9.17. The number of nitrogens with one attached hydrogen (secondary N) is 1. The van der Waals surface area contributed by atoms with Crippen molar-refractivity contribution in [2.75, 3.05) is 13.7 Å². The highest BCUT2D eigenvalue weighted by atomic mass is 32.1. The zero-order valence-corrected chi connectivity index (χ0v) is 26.0. The van der Waals surface area contributed by atoms with Gasteiger partial charge in [-0.05, 0) is 92.1 Å². The average Bonchev–Trinajstić information content (AvgIpc) is 3.38. The Bertz CT molecular complexity index is 1140. The normalized spacial score (nSPS) is 11.0. The van der Waals surface area contributed by atoms with Gasteiger partial charge < -0.3 is 20.0 Å². The minimum Gasteiger partial charge on any atom is -0.485 e. The highest BCUT2D eigenvalue weighted by Gasteiger charge is 2.30. The Labute approximate surface area is 246 Å². The molecule has 9 heteroatoms. The summed E-state index contributed by atoms with van der Waals surface area (Å²) < 4.78 is 44.6. The third-order valence-corrected chi connectivity index (χ3v) is 6.92. The van der Waals surface area contributed by atoms with Gasteiger partial charge in [-0.3, -0.25) is 4.79 Å². The van der Waals surface area contributed by atoms with Crippen molar-refractivity contribution in [1.82, 2.24) is 5.32 Å². The van der Waals surface area contributed by atoms with E-state index in [0.29, 0.717) is 5.75 Å².